The van der Waals surface area contributed by atoms with Gasteiger partial charge in [-0.25, -0.2) is 0 Å². The zero-order chi connectivity index (χ0) is 12.3. The number of hydrogen-bond donors (Lipinski definition) is 2. The van der Waals surface area contributed by atoms with E-state index >= 15 is 0 Å². The van der Waals surface area contributed by atoms with Gasteiger partial charge in [-0.1, -0.05) is 0 Å². The first-order valence-electron chi connectivity index (χ1n) is 6.51. The van der Waals surface area contributed by atoms with Crippen LogP contribution in [-0.2, 0) is 9.53 Å². The fourth-order valence-corrected chi connectivity index (χ4v) is 2.64. The van der Waals surface area contributed by atoms with Gasteiger partial charge in [0.2, 0.25) is 5.91 Å². The van der Waals surface area contributed by atoms with Crippen molar-refractivity contribution < 1.29 is 14.6 Å². The van der Waals surface area contributed by atoms with Gasteiger partial charge in [0, 0.05) is 25.6 Å². The molecular formula is C12H22N2O3. The van der Waals surface area contributed by atoms with Crippen molar-refractivity contribution in [3.63, 3.8) is 0 Å². The van der Waals surface area contributed by atoms with Crippen LogP contribution in [0.3, 0.4) is 0 Å². The van der Waals surface area contributed by atoms with E-state index in [1.807, 2.05) is 6.92 Å². The molecule has 2 rings (SSSR count). The Kier molecular flexibility index (Phi) is 4.36. The highest BCUT2D eigenvalue weighted by Gasteiger charge is 2.37. The zero-order valence-electron chi connectivity index (χ0n) is 10.4. The molecule has 0 aromatic heterocycles. The number of carbonyl (C=O) groups is 1. The van der Waals surface area contributed by atoms with Crippen LogP contribution in [0.5, 0.6) is 0 Å². The number of piperidine rings is 1. The van der Waals surface area contributed by atoms with Crippen LogP contribution < -0.4 is 5.32 Å². The maximum atomic E-state index is 12.2. The molecule has 5 heteroatoms. The van der Waals surface area contributed by atoms with Gasteiger partial charge in [0.05, 0.1) is 6.10 Å². The molecule has 98 valence electrons. The van der Waals surface area contributed by atoms with Crippen LogP contribution in [0.1, 0.15) is 19.8 Å². The predicted octanol–water partition coefficient (Wildman–Crippen LogP) is -0.406. The van der Waals surface area contributed by atoms with Crippen LogP contribution in [-0.4, -0.2) is 60.9 Å². The number of amides is 1. The van der Waals surface area contributed by atoms with E-state index in [4.69, 9.17) is 4.74 Å². The first kappa shape index (κ1) is 12.8. The van der Waals surface area contributed by atoms with E-state index in [0.717, 1.165) is 25.9 Å². The van der Waals surface area contributed by atoms with Gasteiger partial charge in [-0.15, -0.1) is 0 Å². The van der Waals surface area contributed by atoms with Gasteiger partial charge in [-0.2, -0.15) is 0 Å². The third-order valence-corrected chi connectivity index (χ3v) is 3.62. The number of aliphatic hydroxyl groups is 1. The summed E-state index contributed by atoms with van der Waals surface area (Å²) in [5.41, 5.74) is 0. The smallest absolute Gasteiger partial charge is 0.225 e. The summed E-state index contributed by atoms with van der Waals surface area (Å²) < 4.78 is 5.43. The van der Waals surface area contributed by atoms with Crippen LogP contribution in [0.4, 0.5) is 0 Å². The normalized spacial score (nSPS) is 30.8. The molecule has 2 fully saturated rings. The van der Waals surface area contributed by atoms with Crippen LogP contribution in [0.25, 0.3) is 0 Å². The molecule has 2 N–H and O–H groups in total. The number of likely N-dealkylation sites (tertiary alicyclic amines) is 1. The first-order valence-corrected chi connectivity index (χ1v) is 6.51. The summed E-state index contributed by atoms with van der Waals surface area (Å²) in [6.07, 6.45) is 1.08. The van der Waals surface area contributed by atoms with Gasteiger partial charge in [0.15, 0.2) is 0 Å². The molecule has 0 saturated carbocycles. The molecule has 0 aromatic carbocycles. The average molecular weight is 242 g/mol. The molecule has 17 heavy (non-hydrogen) atoms. The molecule has 0 radical (unpaired) electrons. The van der Waals surface area contributed by atoms with Gasteiger partial charge in [0.25, 0.3) is 0 Å². The lowest BCUT2D eigenvalue weighted by atomic mass is 9.97. The monoisotopic (exact) mass is 242 g/mol. The van der Waals surface area contributed by atoms with Crippen LogP contribution in [0, 0.1) is 5.92 Å². The number of aliphatic hydroxyl groups excluding tert-OH is 1. The Bertz CT molecular complexity index is 266. The second-order valence-corrected chi connectivity index (χ2v) is 4.83. The van der Waals surface area contributed by atoms with Crippen molar-refractivity contribution in [2.75, 3.05) is 32.8 Å². The topological polar surface area (TPSA) is 61.8 Å². The van der Waals surface area contributed by atoms with Crippen molar-refractivity contribution in [2.45, 2.75) is 32.0 Å². The molecule has 1 amide bonds. The Morgan fingerprint density at radius 3 is 2.76 bits per heavy atom. The molecule has 2 aliphatic heterocycles. The van der Waals surface area contributed by atoms with Gasteiger partial charge in [0.1, 0.15) is 6.10 Å². The Labute approximate surface area is 102 Å². The third-order valence-electron chi connectivity index (χ3n) is 3.62. The molecular weight excluding hydrogens is 220 g/mol. The fourth-order valence-electron chi connectivity index (χ4n) is 2.64. The van der Waals surface area contributed by atoms with Crippen molar-refractivity contribution >= 4 is 5.91 Å². The Hall–Kier alpha value is -0.650. The van der Waals surface area contributed by atoms with Crippen molar-refractivity contribution in [3.8, 4) is 0 Å². The number of carbonyl (C=O) groups excluding carboxylic acids is 1. The zero-order valence-corrected chi connectivity index (χ0v) is 10.4. The van der Waals surface area contributed by atoms with Gasteiger partial charge in [-0.05, 0) is 32.9 Å². The summed E-state index contributed by atoms with van der Waals surface area (Å²) in [5.74, 6) is 0.316. The van der Waals surface area contributed by atoms with Crippen LogP contribution in [0.2, 0.25) is 0 Å². The summed E-state index contributed by atoms with van der Waals surface area (Å²) >= 11 is 0. The van der Waals surface area contributed by atoms with Crippen molar-refractivity contribution in [1.82, 2.24) is 10.2 Å². The van der Waals surface area contributed by atoms with Gasteiger partial charge < -0.3 is 20.1 Å². The molecule has 0 aliphatic carbocycles. The quantitative estimate of drug-likeness (QED) is 0.706. The second-order valence-electron chi connectivity index (χ2n) is 4.83. The molecule has 5 nitrogen and oxygen atoms in total. The summed E-state index contributed by atoms with van der Waals surface area (Å²) in [5, 5.41) is 13.1. The molecule has 2 saturated heterocycles. The van der Waals surface area contributed by atoms with Crippen LogP contribution in [0.15, 0.2) is 0 Å². The van der Waals surface area contributed by atoms with E-state index in [9.17, 15) is 9.90 Å². The summed E-state index contributed by atoms with van der Waals surface area (Å²) in [7, 11) is 0. The molecule has 2 heterocycles. The number of nitrogens with zero attached hydrogens (tertiary/aromatic N) is 1. The van der Waals surface area contributed by atoms with Crippen molar-refractivity contribution in [2.24, 2.45) is 5.92 Å². The number of nitrogens with one attached hydrogen (secondary N) is 1. The Balaban J connectivity index is 1.88. The van der Waals surface area contributed by atoms with E-state index in [0.29, 0.717) is 19.7 Å². The highest BCUT2D eigenvalue weighted by molar-refractivity contribution is 5.79. The van der Waals surface area contributed by atoms with Crippen molar-refractivity contribution in [1.29, 1.82) is 0 Å². The lowest BCUT2D eigenvalue weighted by molar-refractivity contribution is -0.135. The molecule has 2 aliphatic rings. The van der Waals surface area contributed by atoms with E-state index in [2.05, 4.69) is 5.32 Å². The predicted molar refractivity (Wildman–Crippen MR) is 63.6 cm³/mol. The average Bonchev–Trinajstić information content (AvgIpc) is 2.72. The van der Waals surface area contributed by atoms with E-state index in [-0.39, 0.29) is 17.9 Å². The number of β-amino-alcohol motifs (C(OH)–C–C–N with tert-alkyl or cyclic N) is 1. The minimum atomic E-state index is -0.527. The highest BCUT2D eigenvalue weighted by Crippen LogP contribution is 2.20. The largest absolute Gasteiger partial charge is 0.388 e. The third kappa shape index (κ3) is 2.97. The standard InChI is InChI=1S/C12H22N2O3/c1-2-17-11-8-14(7-10(11)15)12(16)9-3-5-13-6-4-9/h9-11,13,15H,2-8H2,1H3. The van der Waals surface area contributed by atoms with E-state index in [1.165, 1.54) is 0 Å². The van der Waals surface area contributed by atoms with E-state index < -0.39 is 6.10 Å². The second kappa shape index (κ2) is 5.80. The van der Waals surface area contributed by atoms with Crippen LogP contribution >= 0.6 is 0 Å². The molecule has 0 aromatic rings. The SMILES string of the molecule is CCOC1CN(C(=O)C2CCNCC2)CC1O. The minimum Gasteiger partial charge on any atom is -0.388 e. The van der Waals surface area contributed by atoms with Gasteiger partial charge >= 0.3 is 0 Å². The lowest BCUT2D eigenvalue weighted by Crippen LogP contribution is -2.40. The van der Waals surface area contributed by atoms with Crippen molar-refractivity contribution in [3.05, 3.63) is 0 Å². The minimum absolute atomic E-state index is 0.129. The maximum absolute atomic E-state index is 12.2. The molecule has 2 unspecified atom stereocenters. The lowest BCUT2D eigenvalue weighted by Gasteiger charge is -2.26. The molecule has 2 atom stereocenters. The Morgan fingerprint density at radius 1 is 1.41 bits per heavy atom. The maximum Gasteiger partial charge on any atom is 0.225 e. The molecule has 0 bridgehead atoms. The van der Waals surface area contributed by atoms with E-state index in [1.54, 1.807) is 4.90 Å². The summed E-state index contributed by atoms with van der Waals surface area (Å²) in [6, 6.07) is 0. The molecule has 0 spiro atoms. The number of ether oxygens (including phenoxy) is 1. The highest BCUT2D eigenvalue weighted by atomic mass is 16.5. The summed E-state index contributed by atoms with van der Waals surface area (Å²) in [4.78, 5) is 14.0. The Morgan fingerprint density at radius 2 is 2.12 bits per heavy atom. The fraction of sp³-hybridized carbons (Fsp3) is 0.917. The number of hydrogen-bond acceptors (Lipinski definition) is 4. The van der Waals surface area contributed by atoms with Gasteiger partial charge in [-0.3, -0.25) is 4.79 Å². The summed E-state index contributed by atoms with van der Waals surface area (Å²) in [6.45, 7) is 5.29. The number of rotatable bonds is 3. The first-order chi connectivity index (χ1) is 8.22.